The molecule has 30 heavy (non-hydrogen) atoms. The molecule has 1 aromatic heterocycles. The third kappa shape index (κ3) is 6.00. The van der Waals surface area contributed by atoms with Crippen molar-refractivity contribution in [3.8, 4) is 5.75 Å². The first-order valence-electron chi connectivity index (χ1n) is 8.96. The maximum absolute atomic E-state index is 11.9. The average Bonchev–Trinajstić information content (AvgIpc) is 2.62. The van der Waals surface area contributed by atoms with E-state index in [1.165, 1.54) is 6.92 Å². The first-order valence-corrected chi connectivity index (χ1v) is 8.96. The van der Waals surface area contributed by atoms with E-state index in [-0.39, 0.29) is 11.5 Å². The molecule has 12 heteroatoms. The van der Waals surface area contributed by atoms with Crippen LogP contribution in [0.4, 0.5) is 0 Å². The molecule has 0 bridgehead atoms. The molecule has 0 radical (unpaired) electrons. The number of hydrogen-bond donors (Lipinski definition) is 5. The lowest BCUT2D eigenvalue weighted by Gasteiger charge is -2.39. The van der Waals surface area contributed by atoms with Crippen molar-refractivity contribution in [1.29, 1.82) is 0 Å². The quantitative estimate of drug-likeness (QED) is 0.293. The standard InChI is InChI=1S/C18H24O12/c1-8-16(9(19)3-4-27-8)30-17-15(25)14(24)13(23)10(29-17)7-28-12(22)6-18(2,26)5-11(20)21/h3-4,10,13-15,17,23-26H,5-7H2,1-2H3,(H,20,21). The number of aliphatic carboxylic acids is 1. The number of aliphatic hydroxyl groups is 4. The van der Waals surface area contributed by atoms with Gasteiger partial charge in [-0.15, -0.1) is 0 Å². The van der Waals surface area contributed by atoms with Crippen molar-refractivity contribution < 1.29 is 53.7 Å². The third-order valence-electron chi connectivity index (χ3n) is 4.38. The number of carboxylic acid groups (broad SMARTS) is 1. The van der Waals surface area contributed by atoms with E-state index >= 15 is 0 Å². The summed E-state index contributed by atoms with van der Waals surface area (Å²) >= 11 is 0. The SMILES string of the molecule is Cc1occc(=O)c1OC1OC(COC(=O)CC(C)(O)CC(=O)O)C(O)C(O)C1O. The van der Waals surface area contributed by atoms with Gasteiger partial charge in [0, 0.05) is 6.07 Å². The number of carboxylic acids is 1. The molecular weight excluding hydrogens is 408 g/mol. The number of rotatable bonds is 8. The summed E-state index contributed by atoms with van der Waals surface area (Å²) in [7, 11) is 0. The summed E-state index contributed by atoms with van der Waals surface area (Å²) in [6.07, 6.45) is -8.28. The third-order valence-corrected chi connectivity index (χ3v) is 4.38. The molecule has 1 saturated heterocycles. The van der Waals surface area contributed by atoms with Crippen LogP contribution >= 0.6 is 0 Å². The summed E-state index contributed by atoms with van der Waals surface area (Å²) in [5.74, 6) is -2.47. The van der Waals surface area contributed by atoms with Gasteiger partial charge in [-0.25, -0.2) is 0 Å². The largest absolute Gasteiger partial charge is 0.481 e. The molecule has 1 aromatic rings. The predicted molar refractivity (Wildman–Crippen MR) is 95.5 cm³/mol. The highest BCUT2D eigenvalue weighted by Gasteiger charge is 2.46. The van der Waals surface area contributed by atoms with Gasteiger partial charge < -0.3 is 44.2 Å². The minimum Gasteiger partial charge on any atom is -0.481 e. The molecule has 0 spiro atoms. The van der Waals surface area contributed by atoms with Crippen molar-refractivity contribution in [2.45, 2.75) is 63.0 Å². The first kappa shape index (κ1) is 23.8. The fourth-order valence-corrected chi connectivity index (χ4v) is 2.83. The van der Waals surface area contributed by atoms with Crippen LogP contribution in [0, 0.1) is 6.92 Å². The molecule has 0 amide bonds. The smallest absolute Gasteiger partial charge is 0.308 e. The van der Waals surface area contributed by atoms with Crippen LogP contribution in [0.3, 0.4) is 0 Å². The Bertz CT molecular complexity index is 816. The topological polar surface area (TPSA) is 193 Å². The summed E-state index contributed by atoms with van der Waals surface area (Å²) < 4.78 is 20.6. The molecule has 6 atom stereocenters. The van der Waals surface area contributed by atoms with Gasteiger partial charge in [-0.1, -0.05) is 0 Å². The van der Waals surface area contributed by atoms with Crippen molar-refractivity contribution >= 4 is 11.9 Å². The van der Waals surface area contributed by atoms with E-state index in [0.29, 0.717) is 0 Å². The molecule has 6 unspecified atom stereocenters. The van der Waals surface area contributed by atoms with Gasteiger partial charge in [0.25, 0.3) is 0 Å². The highest BCUT2D eigenvalue weighted by Crippen LogP contribution is 2.25. The second-order valence-electron chi connectivity index (χ2n) is 7.23. The monoisotopic (exact) mass is 432 g/mol. The van der Waals surface area contributed by atoms with E-state index in [9.17, 15) is 34.8 Å². The van der Waals surface area contributed by atoms with Crippen LogP contribution in [0.15, 0.2) is 21.5 Å². The van der Waals surface area contributed by atoms with Crippen molar-refractivity contribution in [1.82, 2.24) is 0 Å². The number of ether oxygens (including phenoxy) is 3. The van der Waals surface area contributed by atoms with Crippen LogP contribution in [0.5, 0.6) is 5.75 Å². The van der Waals surface area contributed by atoms with Gasteiger partial charge >= 0.3 is 11.9 Å². The Labute approximate surface area is 170 Å². The summed E-state index contributed by atoms with van der Waals surface area (Å²) in [5, 5.41) is 48.8. The lowest BCUT2D eigenvalue weighted by Crippen LogP contribution is -2.60. The molecule has 168 valence electrons. The van der Waals surface area contributed by atoms with E-state index in [1.807, 2.05) is 0 Å². The molecule has 0 aliphatic carbocycles. The fourth-order valence-electron chi connectivity index (χ4n) is 2.83. The zero-order valence-electron chi connectivity index (χ0n) is 16.3. The molecule has 2 rings (SSSR count). The Balaban J connectivity index is 2.03. The lowest BCUT2D eigenvalue weighted by atomic mass is 9.98. The summed E-state index contributed by atoms with van der Waals surface area (Å²) in [6.45, 7) is 1.97. The van der Waals surface area contributed by atoms with E-state index in [1.54, 1.807) is 0 Å². The fraction of sp³-hybridized carbons (Fsp3) is 0.611. The number of esters is 1. The van der Waals surface area contributed by atoms with Gasteiger partial charge in [-0.3, -0.25) is 14.4 Å². The normalized spacial score (nSPS) is 28.4. The zero-order valence-corrected chi connectivity index (χ0v) is 16.3. The molecule has 0 aromatic carbocycles. The Hall–Kier alpha value is -2.51. The summed E-state index contributed by atoms with van der Waals surface area (Å²) in [4.78, 5) is 34.5. The van der Waals surface area contributed by atoms with Gasteiger partial charge in [0.2, 0.25) is 17.5 Å². The predicted octanol–water partition coefficient (Wildman–Crippen LogP) is -1.71. The molecule has 2 heterocycles. The molecule has 1 aliphatic rings. The van der Waals surface area contributed by atoms with Crippen LogP contribution in [0.2, 0.25) is 0 Å². The van der Waals surface area contributed by atoms with E-state index in [4.69, 9.17) is 23.7 Å². The molecule has 5 N–H and O–H groups in total. The number of aliphatic hydroxyl groups excluding tert-OH is 3. The van der Waals surface area contributed by atoms with Crippen LogP contribution < -0.4 is 10.2 Å². The maximum Gasteiger partial charge on any atom is 0.308 e. The van der Waals surface area contributed by atoms with Gasteiger partial charge in [-0.2, -0.15) is 0 Å². The second kappa shape index (κ2) is 9.53. The zero-order chi connectivity index (χ0) is 22.6. The van der Waals surface area contributed by atoms with E-state index in [0.717, 1.165) is 19.3 Å². The Morgan fingerprint density at radius 2 is 1.83 bits per heavy atom. The van der Waals surface area contributed by atoms with Crippen LogP contribution in [0.1, 0.15) is 25.5 Å². The van der Waals surface area contributed by atoms with Crippen molar-refractivity contribution in [2.75, 3.05) is 6.61 Å². The summed E-state index contributed by atoms with van der Waals surface area (Å²) in [6, 6.07) is 1.07. The minimum atomic E-state index is -1.85. The highest BCUT2D eigenvalue weighted by molar-refractivity contribution is 5.73. The number of hydrogen-bond acceptors (Lipinski definition) is 11. The van der Waals surface area contributed by atoms with E-state index in [2.05, 4.69) is 0 Å². The van der Waals surface area contributed by atoms with Crippen LogP contribution in [-0.2, 0) is 19.1 Å². The van der Waals surface area contributed by atoms with Crippen LogP contribution in [0.25, 0.3) is 0 Å². The minimum absolute atomic E-state index is 0.0857. The van der Waals surface area contributed by atoms with Gasteiger partial charge in [0.05, 0.1) is 24.7 Å². The van der Waals surface area contributed by atoms with Crippen LogP contribution in [-0.4, -0.2) is 80.4 Å². The number of aryl methyl sites for hydroxylation is 1. The van der Waals surface area contributed by atoms with Gasteiger partial charge in [0.15, 0.2) is 0 Å². The lowest BCUT2D eigenvalue weighted by molar-refractivity contribution is -0.279. The molecule has 12 nitrogen and oxygen atoms in total. The van der Waals surface area contributed by atoms with Crippen molar-refractivity contribution in [3.63, 3.8) is 0 Å². The second-order valence-corrected chi connectivity index (χ2v) is 7.23. The van der Waals surface area contributed by atoms with Gasteiger partial charge in [-0.05, 0) is 13.8 Å². The highest BCUT2D eigenvalue weighted by atomic mass is 16.7. The average molecular weight is 432 g/mol. The molecule has 1 aliphatic heterocycles. The number of carbonyl (C=O) groups is 2. The Morgan fingerprint density at radius 1 is 1.17 bits per heavy atom. The number of carbonyl (C=O) groups excluding carboxylic acids is 1. The molecule has 1 fully saturated rings. The maximum atomic E-state index is 11.9. The summed E-state index contributed by atoms with van der Waals surface area (Å²) in [5.41, 5.74) is -2.42. The molecular formula is C18H24O12. The first-order chi connectivity index (χ1) is 13.9. The van der Waals surface area contributed by atoms with Crippen molar-refractivity contribution in [2.24, 2.45) is 0 Å². The molecule has 0 saturated carbocycles. The Morgan fingerprint density at radius 3 is 2.43 bits per heavy atom. The Kier molecular flexibility index (Phi) is 7.55. The van der Waals surface area contributed by atoms with Gasteiger partial charge in [0.1, 0.15) is 36.8 Å². The van der Waals surface area contributed by atoms with E-state index < -0.39 is 73.1 Å². The van der Waals surface area contributed by atoms with Crippen molar-refractivity contribution in [3.05, 3.63) is 28.3 Å².